The fraction of sp³-hybridized carbons (Fsp3) is 0.278. The summed E-state index contributed by atoms with van der Waals surface area (Å²) in [5, 5.41) is 5.18. The number of rotatable bonds is 6. The van der Waals surface area contributed by atoms with Gasteiger partial charge < -0.3 is 34.3 Å². The molecule has 0 bridgehead atoms. The highest BCUT2D eigenvalue weighted by atomic mass is 19.3. The quantitative estimate of drug-likeness (QED) is 0.779. The summed E-state index contributed by atoms with van der Waals surface area (Å²) >= 11 is 0. The van der Waals surface area contributed by atoms with Crippen LogP contribution >= 0.6 is 0 Å². The van der Waals surface area contributed by atoms with Gasteiger partial charge in [0.1, 0.15) is 5.75 Å². The summed E-state index contributed by atoms with van der Waals surface area (Å²) < 4.78 is 50.5. The van der Waals surface area contributed by atoms with Crippen LogP contribution in [0.5, 0.6) is 28.7 Å². The van der Waals surface area contributed by atoms with E-state index in [9.17, 15) is 13.6 Å². The van der Waals surface area contributed by atoms with Gasteiger partial charge in [0.25, 0.3) is 0 Å². The molecule has 2 N–H and O–H groups in total. The molecule has 0 unspecified atom stereocenters. The van der Waals surface area contributed by atoms with Crippen LogP contribution in [-0.2, 0) is 6.54 Å². The number of halogens is 2. The van der Waals surface area contributed by atoms with Crippen LogP contribution in [0.15, 0.2) is 30.3 Å². The first kappa shape index (κ1) is 19.3. The van der Waals surface area contributed by atoms with E-state index in [2.05, 4.69) is 20.1 Å². The van der Waals surface area contributed by atoms with Gasteiger partial charge in [-0.3, -0.25) is 0 Å². The average Bonchev–Trinajstić information content (AvgIpc) is 2.98. The number of amides is 2. The summed E-state index contributed by atoms with van der Waals surface area (Å²) in [6.45, 7) is 0.123. The van der Waals surface area contributed by atoms with Crippen LogP contribution < -0.4 is 34.3 Å². The van der Waals surface area contributed by atoms with Gasteiger partial charge in [0, 0.05) is 29.9 Å². The Kier molecular flexibility index (Phi) is 5.30. The van der Waals surface area contributed by atoms with Crippen molar-refractivity contribution in [2.45, 2.75) is 12.8 Å². The zero-order valence-corrected chi connectivity index (χ0v) is 15.3. The van der Waals surface area contributed by atoms with Gasteiger partial charge in [-0.1, -0.05) is 0 Å². The predicted octanol–water partition coefficient (Wildman–Crippen LogP) is 3.36. The van der Waals surface area contributed by atoms with Gasteiger partial charge in [0.15, 0.2) is 23.0 Å². The first-order chi connectivity index (χ1) is 13.3. The molecule has 1 heterocycles. The molecule has 0 spiro atoms. The molecule has 1 aliphatic rings. The lowest BCUT2D eigenvalue weighted by molar-refractivity contribution is -0.286. The second-order valence-corrected chi connectivity index (χ2v) is 5.66. The molecule has 2 aromatic carbocycles. The van der Waals surface area contributed by atoms with E-state index in [0.29, 0.717) is 22.8 Å². The van der Waals surface area contributed by atoms with Crippen molar-refractivity contribution in [3.63, 3.8) is 0 Å². The van der Waals surface area contributed by atoms with Gasteiger partial charge in [-0.25, -0.2) is 4.79 Å². The first-order valence-electron chi connectivity index (χ1n) is 8.09. The Balaban J connectivity index is 1.65. The molecule has 150 valence electrons. The Hall–Kier alpha value is -3.43. The molecule has 2 amide bonds. The summed E-state index contributed by atoms with van der Waals surface area (Å²) in [6, 6.07) is 6.71. The SMILES string of the molecule is COc1cc(OC)c(OC)cc1CNC(=O)Nc1ccc2c(c1)OC(F)(F)O2. The van der Waals surface area contributed by atoms with Crippen LogP contribution in [-0.4, -0.2) is 33.7 Å². The maximum absolute atomic E-state index is 13.1. The van der Waals surface area contributed by atoms with E-state index >= 15 is 0 Å². The van der Waals surface area contributed by atoms with E-state index in [4.69, 9.17) is 14.2 Å². The summed E-state index contributed by atoms with van der Waals surface area (Å²) in [4.78, 5) is 12.2. The number of carbonyl (C=O) groups is 1. The average molecular weight is 396 g/mol. The van der Waals surface area contributed by atoms with Crippen LogP contribution in [0.25, 0.3) is 0 Å². The number of ether oxygens (including phenoxy) is 5. The number of methoxy groups -OCH3 is 3. The number of urea groups is 1. The highest BCUT2D eigenvalue weighted by Gasteiger charge is 2.43. The fourth-order valence-electron chi connectivity index (χ4n) is 2.61. The molecule has 2 aromatic rings. The summed E-state index contributed by atoms with van der Waals surface area (Å²) in [7, 11) is 4.49. The molecule has 0 saturated carbocycles. The third-order valence-electron chi connectivity index (χ3n) is 3.89. The lowest BCUT2D eigenvalue weighted by Gasteiger charge is -2.15. The number of fused-ring (bicyclic) bond motifs is 1. The van der Waals surface area contributed by atoms with Crippen molar-refractivity contribution < 1.29 is 37.3 Å². The number of carbonyl (C=O) groups excluding carboxylic acids is 1. The Morgan fingerprint density at radius 1 is 0.964 bits per heavy atom. The van der Waals surface area contributed by atoms with Crippen molar-refractivity contribution in [2.75, 3.05) is 26.6 Å². The van der Waals surface area contributed by atoms with Crippen LogP contribution in [0.1, 0.15) is 5.56 Å². The van der Waals surface area contributed by atoms with Gasteiger partial charge in [0.2, 0.25) is 0 Å². The summed E-state index contributed by atoms with van der Waals surface area (Å²) in [6.07, 6.45) is -3.72. The van der Waals surface area contributed by atoms with Crippen LogP contribution in [0.2, 0.25) is 0 Å². The van der Waals surface area contributed by atoms with Gasteiger partial charge in [-0.15, -0.1) is 8.78 Å². The number of benzene rings is 2. The van der Waals surface area contributed by atoms with Crippen LogP contribution in [0, 0.1) is 0 Å². The maximum Gasteiger partial charge on any atom is 0.586 e. The molecule has 8 nitrogen and oxygen atoms in total. The molecule has 0 fully saturated rings. The van der Waals surface area contributed by atoms with Crippen LogP contribution in [0.4, 0.5) is 19.3 Å². The number of hydrogen-bond acceptors (Lipinski definition) is 6. The maximum atomic E-state index is 13.1. The minimum Gasteiger partial charge on any atom is -0.496 e. The lowest BCUT2D eigenvalue weighted by atomic mass is 10.1. The molecule has 1 aliphatic heterocycles. The van der Waals surface area contributed by atoms with E-state index in [1.54, 1.807) is 12.1 Å². The van der Waals surface area contributed by atoms with Crippen molar-refractivity contribution in [1.29, 1.82) is 0 Å². The van der Waals surface area contributed by atoms with Gasteiger partial charge in [0.05, 0.1) is 21.3 Å². The number of alkyl halides is 2. The molecule has 0 atom stereocenters. The molecule has 0 saturated heterocycles. The molecular weight excluding hydrogens is 378 g/mol. The van der Waals surface area contributed by atoms with Gasteiger partial charge in [-0.05, 0) is 18.2 Å². The zero-order valence-electron chi connectivity index (χ0n) is 15.3. The van der Waals surface area contributed by atoms with E-state index in [-0.39, 0.29) is 23.7 Å². The molecule has 3 rings (SSSR count). The van der Waals surface area contributed by atoms with Crippen molar-refractivity contribution in [2.24, 2.45) is 0 Å². The molecule has 28 heavy (non-hydrogen) atoms. The monoisotopic (exact) mass is 396 g/mol. The normalized spacial score (nSPS) is 13.6. The molecule has 0 aliphatic carbocycles. The smallest absolute Gasteiger partial charge is 0.496 e. The Bertz CT molecular complexity index is 891. The second-order valence-electron chi connectivity index (χ2n) is 5.66. The lowest BCUT2D eigenvalue weighted by Crippen LogP contribution is -2.28. The van der Waals surface area contributed by atoms with E-state index in [1.807, 2.05) is 0 Å². The highest BCUT2D eigenvalue weighted by Crippen LogP contribution is 2.42. The third-order valence-corrected chi connectivity index (χ3v) is 3.89. The minimum absolute atomic E-state index is 0.106. The minimum atomic E-state index is -3.72. The van der Waals surface area contributed by atoms with Crippen molar-refractivity contribution in [3.05, 3.63) is 35.9 Å². The summed E-state index contributed by atoms with van der Waals surface area (Å²) in [5.41, 5.74) is 0.914. The zero-order chi connectivity index (χ0) is 20.3. The van der Waals surface area contributed by atoms with Gasteiger partial charge >= 0.3 is 12.3 Å². The molecular formula is C18H18F2N2O6. The molecule has 10 heteroatoms. The number of anilines is 1. The van der Waals surface area contributed by atoms with Crippen molar-refractivity contribution in [1.82, 2.24) is 5.32 Å². The Morgan fingerprint density at radius 3 is 2.29 bits per heavy atom. The first-order valence-corrected chi connectivity index (χ1v) is 8.09. The fourth-order valence-corrected chi connectivity index (χ4v) is 2.61. The third kappa shape index (κ3) is 4.11. The van der Waals surface area contributed by atoms with Crippen LogP contribution in [0.3, 0.4) is 0 Å². The summed E-state index contributed by atoms with van der Waals surface area (Å²) in [5.74, 6) is 1.21. The van der Waals surface area contributed by atoms with E-state index in [1.165, 1.54) is 39.5 Å². The Labute approximate surface area is 159 Å². The largest absolute Gasteiger partial charge is 0.586 e. The molecule has 0 radical (unpaired) electrons. The highest BCUT2D eigenvalue weighted by molar-refractivity contribution is 5.89. The van der Waals surface area contributed by atoms with Crippen molar-refractivity contribution in [3.8, 4) is 28.7 Å². The van der Waals surface area contributed by atoms with Gasteiger partial charge in [-0.2, -0.15) is 0 Å². The van der Waals surface area contributed by atoms with E-state index < -0.39 is 12.3 Å². The van der Waals surface area contributed by atoms with Crippen molar-refractivity contribution >= 4 is 11.7 Å². The topological polar surface area (TPSA) is 87.3 Å². The Morgan fingerprint density at radius 2 is 1.61 bits per heavy atom. The number of hydrogen-bond donors (Lipinski definition) is 2. The van der Waals surface area contributed by atoms with E-state index in [0.717, 1.165) is 0 Å². The predicted molar refractivity (Wildman–Crippen MR) is 94.6 cm³/mol. The second kappa shape index (κ2) is 7.67. The molecule has 0 aromatic heterocycles. The standard InChI is InChI=1S/C18H18F2N2O6/c1-24-13-8-15(26-3)14(25-2)6-10(13)9-21-17(23)22-11-4-5-12-16(7-11)28-18(19,20)27-12/h4-8H,9H2,1-3H3,(H2,21,22,23). The number of nitrogens with one attached hydrogen (secondary N) is 2.